The number of aliphatic hydroxyl groups is 1. The number of methoxy groups -OCH3 is 4. The van der Waals surface area contributed by atoms with Crippen molar-refractivity contribution in [2.45, 2.75) is 11.6 Å². The summed E-state index contributed by atoms with van der Waals surface area (Å²) < 4.78 is 46.6. The summed E-state index contributed by atoms with van der Waals surface area (Å²) >= 11 is 0. The summed E-state index contributed by atoms with van der Waals surface area (Å²) in [7, 11) is 1.31. The van der Waals surface area contributed by atoms with E-state index in [0.717, 1.165) is 5.41 Å². The van der Waals surface area contributed by atoms with Gasteiger partial charge in [-0.2, -0.15) is 0 Å². The number of para-hydroxylation sites is 1. The van der Waals surface area contributed by atoms with Gasteiger partial charge in [0.1, 0.15) is 29.1 Å². The third-order valence-electron chi connectivity index (χ3n) is 4.95. The first-order valence-electron chi connectivity index (χ1n) is 9.57. The summed E-state index contributed by atoms with van der Waals surface area (Å²) in [5, 5.41) is 21.3. The van der Waals surface area contributed by atoms with Crippen LogP contribution in [-0.4, -0.2) is 64.3 Å². The summed E-state index contributed by atoms with van der Waals surface area (Å²) in [6.45, 7) is 0. The quantitative estimate of drug-likeness (QED) is 0.431. The molecule has 1 unspecified atom stereocenters. The molecule has 0 heterocycles. The number of hydrogen-bond acceptors (Lipinski definition) is 9. The van der Waals surface area contributed by atoms with Gasteiger partial charge in [-0.25, -0.2) is 8.42 Å². The molecule has 0 aliphatic carbocycles. The number of rotatable bonds is 11. The maximum Gasteiger partial charge on any atom is 0.327 e. The number of carbonyl (C=O) groups is 1. The van der Waals surface area contributed by atoms with E-state index < -0.39 is 33.2 Å². The van der Waals surface area contributed by atoms with Crippen molar-refractivity contribution in [3.63, 3.8) is 0 Å². The van der Waals surface area contributed by atoms with E-state index in [-0.39, 0.29) is 28.4 Å². The zero-order valence-corrected chi connectivity index (χ0v) is 19.5. The van der Waals surface area contributed by atoms with E-state index in [9.17, 15) is 23.4 Å². The number of aliphatic carboxylic acids is 1. The predicted molar refractivity (Wildman–Crippen MR) is 121 cm³/mol. The predicted octanol–water partition coefficient (Wildman–Crippen LogP) is 1.62. The Morgan fingerprint density at radius 3 is 2.06 bits per heavy atom. The average molecular weight is 482 g/mol. The van der Waals surface area contributed by atoms with Crippen LogP contribution < -0.4 is 24.7 Å². The van der Waals surface area contributed by atoms with Crippen molar-refractivity contribution >= 4 is 21.9 Å². The molecule has 0 amide bonds. The van der Waals surface area contributed by atoms with Crippen molar-refractivity contribution in [3.05, 3.63) is 52.9 Å². The van der Waals surface area contributed by atoms with Gasteiger partial charge < -0.3 is 34.9 Å². The Morgan fingerprint density at radius 2 is 1.58 bits per heavy atom. The number of carboxylic acids is 1. The van der Waals surface area contributed by atoms with Gasteiger partial charge in [-0.15, -0.1) is 0 Å². The Balaban J connectivity index is 2.45. The molecule has 180 valence electrons. The van der Waals surface area contributed by atoms with Crippen molar-refractivity contribution < 1.29 is 42.4 Å². The molecular weight excluding hydrogens is 454 g/mol. The first-order valence-corrected chi connectivity index (χ1v) is 11.3. The molecule has 0 aliphatic rings. The molecule has 4 N–H and O–H groups in total. The molecule has 2 aromatic carbocycles. The third kappa shape index (κ3) is 5.75. The van der Waals surface area contributed by atoms with Crippen LogP contribution in [0.5, 0.6) is 23.0 Å². The fourth-order valence-electron chi connectivity index (χ4n) is 3.18. The van der Waals surface area contributed by atoms with Crippen LogP contribution in [0.3, 0.4) is 0 Å². The Bertz CT molecular complexity index is 1110. The lowest BCUT2D eigenvalue weighted by Gasteiger charge is -2.30. The molecule has 0 radical (unpaired) electrons. The molecule has 2 rings (SSSR count). The van der Waals surface area contributed by atoms with E-state index in [1.807, 2.05) is 0 Å². The van der Waals surface area contributed by atoms with E-state index in [2.05, 4.69) is 0 Å². The van der Waals surface area contributed by atoms with E-state index in [1.165, 1.54) is 58.8 Å². The molecule has 0 bridgehead atoms. The second-order valence-corrected chi connectivity index (χ2v) is 8.93. The summed E-state index contributed by atoms with van der Waals surface area (Å²) in [4.78, 5) is 12.0. The van der Waals surface area contributed by atoms with Crippen molar-refractivity contribution in [3.8, 4) is 23.0 Å². The Kier molecular flexibility index (Phi) is 8.31. The highest BCUT2D eigenvalue weighted by Gasteiger charge is 2.46. The van der Waals surface area contributed by atoms with Gasteiger partial charge in [0.25, 0.3) is 0 Å². The highest BCUT2D eigenvalue weighted by atomic mass is 32.2. The van der Waals surface area contributed by atoms with Gasteiger partial charge in [0.2, 0.25) is 0 Å². The van der Waals surface area contributed by atoms with Gasteiger partial charge in [0.15, 0.2) is 15.4 Å². The summed E-state index contributed by atoms with van der Waals surface area (Å²) in [6, 6.07) is 9.12. The maximum absolute atomic E-state index is 12.9. The van der Waals surface area contributed by atoms with Gasteiger partial charge in [-0.3, -0.25) is 4.79 Å². The van der Waals surface area contributed by atoms with Gasteiger partial charge >= 0.3 is 5.97 Å². The van der Waals surface area contributed by atoms with Crippen molar-refractivity contribution in [1.29, 1.82) is 0 Å². The van der Waals surface area contributed by atoms with Crippen LogP contribution in [0.4, 0.5) is 0 Å². The van der Waals surface area contributed by atoms with Crippen LogP contribution >= 0.6 is 0 Å². The maximum atomic E-state index is 12.9. The third-order valence-corrected chi connectivity index (χ3v) is 6.39. The van der Waals surface area contributed by atoms with Gasteiger partial charge in [0.05, 0.1) is 39.8 Å². The van der Waals surface area contributed by atoms with Crippen molar-refractivity contribution in [2.24, 2.45) is 5.73 Å². The fourth-order valence-corrected chi connectivity index (χ4v) is 4.56. The fraction of sp³-hybridized carbons (Fsp3) is 0.318. The Labute approximate surface area is 192 Å². The topological polar surface area (TPSA) is 155 Å². The smallest absolute Gasteiger partial charge is 0.327 e. The largest absolute Gasteiger partial charge is 0.496 e. The number of carboxylic acid groups (broad SMARTS) is 1. The molecule has 2 atom stereocenters. The van der Waals surface area contributed by atoms with Crippen LogP contribution in [0.1, 0.15) is 17.2 Å². The molecule has 0 aromatic heterocycles. The molecule has 0 saturated carbocycles. The standard InChI is InChI=1S/C22H27NO9S/c1-29-14-11-18(31-3)15(19(12-14)32-4)9-10-33(27,28)13-22(23,21(25)26)20(24)16-7-5-6-8-17(16)30-2/h5-12,20,24H,13,23H2,1-4H3,(H,25,26)/b10-9+/t20-,22?/m0/s1. The number of benzene rings is 2. The molecule has 0 saturated heterocycles. The molecule has 33 heavy (non-hydrogen) atoms. The van der Waals surface area contributed by atoms with Crippen LogP contribution in [0.25, 0.3) is 6.08 Å². The molecular formula is C22H27NO9S. The van der Waals surface area contributed by atoms with Gasteiger partial charge in [-0.1, -0.05) is 18.2 Å². The molecule has 11 heteroatoms. The zero-order valence-electron chi connectivity index (χ0n) is 18.6. The number of aliphatic hydroxyl groups excluding tert-OH is 1. The highest BCUT2D eigenvalue weighted by molar-refractivity contribution is 7.94. The highest BCUT2D eigenvalue weighted by Crippen LogP contribution is 2.36. The molecule has 0 fully saturated rings. The van der Waals surface area contributed by atoms with E-state index >= 15 is 0 Å². The molecule has 2 aromatic rings. The van der Waals surface area contributed by atoms with Crippen LogP contribution in [-0.2, 0) is 14.6 Å². The van der Waals surface area contributed by atoms with Crippen molar-refractivity contribution in [1.82, 2.24) is 0 Å². The Morgan fingerprint density at radius 1 is 1.03 bits per heavy atom. The second-order valence-electron chi connectivity index (χ2n) is 7.05. The van der Waals surface area contributed by atoms with E-state index in [0.29, 0.717) is 5.75 Å². The lowest BCUT2D eigenvalue weighted by Crippen LogP contribution is -2.57. The van der Waals surface area contributed by atoms with E-state index in [4.69, 9.17) is 24.7 Å². The number of nitrogens with two attached hydrogens (primary N) is 1. The molecule has 0 spiro atoms. The van der Waals surface area contributed by atoms with Crippen LogP contribution in [0.2, 0.25) is 0 Å². The molecule has 0 aliphatic heterocycles. The van der Waals surface area contributed by atoms with E-state index in [1.54, 1.807) is 12.1 Å². The monoisotopic (exact) mass is 481 g/mol. The lowest BCUT2D eigenvalue weighted by molar-refractivity contribution is -0.147. The van der Waals surface area contributed by atoms with Crippen molar-refractivity contribution in [2.75, 3.05) is 34.2 Å². The summed E-state index contributed by atoms with van der Waals surface area (Å²) in [5.74, 6) is -1.66. The minimum atomic E-state index is -4.25. The Hall–Kier alpha value is -3.28. The van der Waals surface area contributed by atoms with Gasteiger partial charge in [-0.05, 0) is 12.1 Å². The summed E-state index contributed by atoms with van der Waals surface area (Å²) in [6.07, 6.45) is -0.677. The van der Waals surface area contributed by atoms with Gasteiger partial charge in [0, 0.05) is 23.1 Å². The number of sulfone groups is 1. The number of ether oxygens (including phenoxy) is 4. The second kappa shape index (κ2) is 10.6. The minimum absolute atomic E-state index is 0.0440. The van der Waals surface area contributed by atoms with Crippen LogP contribution in [0.15, 0.2) is 41.8 Å². The normalized spacial score (nSPS) is 14.4. The lowest BCUT2D eigenvalue weighted by atomic mass is 9.90. The average Bonchev–Trinajstić information content (AvgIpc) is 2.80. The molecule has 10 nitrogen and oxygen atoms in total. The van der Waals surface area contributed by atoms with Crippen LogP contribution in [0, 0.1) is 0 Å². The first kappa shape index (κ1) is 26.0. The SMILES string of the molecule is COc1cc(OC)c(/C=C/S(=O)(=O)CC(N)(C(=O)O)[C@@H](O)c2ccccc2OC)c(OC)c1. The zero-order chi connectivity index (χ0) is 24.8. The summed E-state index contributed by atoms with van der Waals surface area (Å²) in [5.41, 5.74) is 3.73. The first-order chi connectivity index (χ1) is 15.5. The number of hydrogen-bond donors (Lipinski definition) is 3. The minimum Gasteiger partial charge on any atom is -0.496 e.